The molecule has 78 valence electrons. The summed E-state index contributed by atoms with van der Waals surface area (Å²) in [6.07, 6.45) is 1.58. The highest BCUT2D eigenvalue weighted by molar-refractivity contribution is 5.93. The van der Waals surface area contributed by atoms with Gasteiger partial charge in [0.2, 0.25) is 0 Å². The minimum atomic E-state index is -0.462. The van der Waals surface area contributed by atoms with Crippen molar-refractivity contribution in [3.63, 3.8) is 0 Å². The molecule has 0 spiro atoms. The number of nitrogens with zero attached hydrogens (tertiary/aromatic N) is 2. The van der Waals surface area contributed by atoms with Gasteiger partial charge in [-0.1, -0.05) is 19.9 Å². The van der Waals surface area contributed by atoms with Gasteiger partial charge in [0, 0.05) is 5.69 Å². The van der Waals surface area contributed by atoms with Gasteiger partial charge in [0.25, 0.3) is 5.91 Å². The molecule has 4 nitrogen and oxygen atoms in total. The molecule has 0 unspecified atom stereocenters. The lowest BCUT2D eigenvalue weighted by molar-refractivity contribution is 0.0967. The first kappa shape index (κ1) is 11.2. The monoisotopic (exact) mass is 203 g/mol. The first-order valence-corrected chi connectivity index (χ1v) is 4.73. The summed E-state index contributed by atoms with van der Waals surface area (Å²) in [7, 11) is 0. The van der Waals surface area contributed by atoms with Crippen molar-refractivity contribution in [3.05, 3.63) is 29.1 Å². The molecule has 1 rings (SSSR count). The zero-order chi connectivity index (χ0) is 11.4. The Hall–Kier alpha value is -1.89. The van der Waals surface area contributed by atoms with Gasteiger partial charge in [-0.3, -0.25) is 10.1 Å². The number of nitrogens with one attached hydrogen (secondary N) is 1. The third kappa shape index (κ3) is 2.53. The number of aromatic nitrogens is 1. The molecule has 0 aliphatic heterocycles. The topological polar surface area (TPSA) is 65.8 Å². The normalized spacial score (nSPS) is 9.80. The maximum Gasteiger partial charge on any atom is 0.282 e. The highest BCUT2D eigenvalue weighted by Gasteiger charge is 2.10. The fraction of sp³-hybridized carbons (Fsp3) is 0.364. The summed E-state index contributed by atoms with van der Waals surface area (Å²) in [6, 6.07) is 3.51. The number of carbonyl (C=O) groups excluding carboxylic acids is 1. The van der Waals surface area contributed by atoms with E-state index in [1.807, 2.05) is 18.3 Å². The summed E-state index contributed by atoms with van der Waals surface area (Å²) in [5, 5.41) is 10.3. The Morgan fingerprint density at radius 3 is 2.67 bits per heavy atom. The summed E-state index contributed by atoms with van der Waals surface area (Å²) < 4.78 is 0. The van der Waals surface area contributed by atoms with E-state index in [9.17, 15) is 4.79 Å². The third-order valence-corrected chi connectivity index (χ3v) is 2.15. The Bertz CT molecular complexity index is 418. The van der Waals surface area contributed by atoms with E-state index in [0.717, 1.165) is 11.3 Å². The fourth-order valence-corrected chi connectivity index (χ4v) is 1.42. The highest BCUT2D eigenvalue weighted by Crippen LogP contribution is 2.17. The molecule has 1 amide bonds. The average Bonchev–Trinajstić information content (AvgIpc) is 2.17. The third-order valence-electron chi connectivity index (χ3n) is 2.15. The van der Waals surface area contributed by atoms with Crippen LogP contribution in [0.5, 0.6) is 0 Å². The van der Waals surface area contributed by atoms with Crippen LogP contribution in [0.25, 0.3) is 0 Å². The van der Waals surface area contributed by atoms with Gasteiger partial charge in [-0.25, -0.2) is 4.98 Å². The first-order chi connectivity index (χ1) is 7.06. The predicted molar refractivity (Wildman–Crippen MR) is 56.1 cm³/mol. The van der Waals surface area contributed by atoms with E-state index in [-0.39, 0.29) is 5.69 Å². The molecule has 0 radical (unpaired) electrons. The van der Waals surface area contributed by atoms with Crippen LogP contribution in [0.1, 0.15) is 41.5 Å². The number of hydrogen-bond donors (Lipinski definition) is 1. The van der Waals surface area contributed by atoms with Crippen molar-refractivity contribution in [1.29, 1.82) is 5.26 Å². The molecule has 1 aromatic heterocycles. The van der Waals surface area contributed by atoms with Gasteiger partial charge in [-0.2, -0.15) is 5.26 Å². The SMILES string of the molecule is Cc1nc(C(=O)NC#N)ccc1C(C)C. The number of carbonyl (C=O) groups is 1. The number of amides is 1. The van der Waals surface area contributed by atoms with Crippen molar-refractivity contribution in [2.45, 2.75) is 26.7 Å². The second-order valence-electron chi connectivity index (χ2n) is 3.59. The minimum Gasteiger partial charge on any atom is -0.266 e. The Morgan fingerprint density at radius 1 is 1.53 bits per heavy atom. The molecule has 0 atom stereocenters. The molecule has 0 fully saturated rings. The summed E-state index contributed by atoms with van der Waals surface area (Å²) in [4.78, 5) is 15.4. The van der Waals surface area contributed by atoms with Crippen LogP contribution in [-0.2, 0) is 0 Å². The zero-order valence-electron chi connectivity index (χ0n) is 9.03. The van der Waals surface area contributed by atoms with Crippen LogP contribution in [0.3, 0.4) is 0 Å². The van der Waals surface area contributed by atoms with Crippen molar-refractivity contribution < 1.29 is 4.79 Å². The van der Waals surface area contributed by atoms with Crippen molar-refractivity contribution in [2.24, 2.45) is 0 Å². The zero-order valence-corrected chi connectivity index (χ0v) is 9.03. The fourth-order valence-electron chi connectivity index (χ4n) is 1.42. The van der Waals surface area contributed by atoms with Gasteiger partial charge in [0.05, 0.1) is 0 Å². The number of aryl methyl sites for hydroxylation is 1. The van der Waals surface area contributed by atoms with Crippen LogP contribution >= 0.6 is 0 Å². The van der Waals surface area contributed by atoms with Crippen molar-refractivity contribution >= 4 is 5.91 Å². The number of nitriles is 1. The maximum absolute atomic E-state index is 11.3. The van der Waals surface area contributed by atoms with Gasteiger partial charge < -0.3 is 0 Å². The Morgan fingerprint density at radius 2 is 2.20 bits per heavy atom. The van der Waals surface area contributed by atoms with E-state index in [2.05, 4.69) is 18.8 Å². The van der Waals surface area contributed by atoms with Crippen LogP contribution in [0.2, 0.25) is 0 Å². The predicted octanol–water partition coefficient (Wildman–Crippen LogP) is 1.72. The Kier molecular flexibility index (Phi) is 3.40. The standard InChI is InChI=1S/C11H13N3O/c1-7(2)9-4-5-10(14-8(9)3)11(15)13-6-12/h4-5,7H,1-3H3,(H,13,15). The molecule has 0 saturated heterocycles. The lowest BCUT2D eigenvalue weighted by atomic mass is 10.0. The smallest absolute Gasteiger partial charge is 0.266 e. The maximum atomic E-state index is 11.3. The van der Waals surface area contributed by atoms with Crippen LogP contribution in [-0.4, -0.2) is 10.9 Å². The van der Waals surface area contributed by atoms with Crippen molar-refractivity contribution in [3.8, 4) is 6.19 Å². The molecule has 0 bridgehead atoms. The number of pyridine rings is 1. The molecule has 4 heteroatoms. The second-order valence-corrected chi connectivity index (χ2v) is 3.59. The van der Waals surface area contributed by atoms with Gasteiger partial charge >= 0.3 is 0 Å². The van der Waals surface area contributed by atoms with E-state index in [0.29, 0.717) is 5.92 Å². The average molecular weight is 203 g/mol. The molecule has 1 N–H and O–H groups in total. The van der Waals surface area contributed by atoms with E-state index < -0.39 is 5.91 Å². The Balaban J connectivity index is 3.02. The Labute approximate surface area is 88.9 Å². The quantitative estimate of drug-likeness (QED) is 0.588. The molecule has 15 heavy (non-hydrogen) atoms. The molecule has 1 aromatic rings. The van der Waals surface area contributed by atoms with Crippen molar-refractivity contribution in [2.75, 3.05) is 0 Å². The van der Waals surface area contributed by atoms with Crippen LogP contribution in [0.4, 0.5) is 0 Å². The van der Waals surface area contributed by atoms with Gasteiger partial charge in [-0.05, 0) is 24.5 Å². The van der Waals surface area contributed by atoms with Gasteiger partial charge in [-0.15, -0.1) is 0 Å². The molecule has 0 aliphatic carbocycles. The molecule has 0 aliphatic rings. The van der Waals surface area contributed by atoms with E-state index >= 15 is 0 Å². The van der Waals surface area contributed by atoms with Gasteiger partial charge in [0.15, 0.2) is 6.19 Å². The first-order valence-electron chi connectivity index (χ1n) is 4.73. The highest BCUT2D eigenvalue weighted by atomic mass is 16.1. The molecule has 0 aromatic carbocycles. The summed E-state index contributed by atoms with van der Waals surface area (Å²) in [6.45, 7) is 6.00. The van der Waals surface area contributed by atoms with Crippen molar-refractivity contribution in [1.82, 2.24) is 10.3 Å². The summed E-state index contributed by atoms with van der Waals surface area (Å²) in [5.74, 6) is -0.0820. The molecular formula is C11H13N3O. The van der Waals surface area contributed by atoms with Crippen LogP contribution in [0, 0.1) is 18.4 Å². The number of rotatable bonds is 2. The number of hydrogen-bond acceptors (Lipinski definition) is 3. The largest absolute Gasteiger partial charge is 0.282 e. The minimum absolute atomic E-state index is 0.276. The lowest BCUT2D eigenvalue weighted by Gasteiger charge is -2.09. The molecule has 0 saturated carbocycles. The van der Waals surface area contributed by atoms with E-state index in [4.69, 9.17) is 5.26 Å². The van der Waals surface area contributed by atoms with Gasteiger partial charge in [0.1, 0.15) is 5.69 Å². The van der Waals surface area contributed by atoms with Crippen LogP contribution < -0.4 is 5.32 Å². The summed E-state index contributed by atoms with van der Waals surface area (Å²) >= 11 is 0. The second kappa shape index (κ2) is 4.56. The van der Waals surface area contributed by atoms with E-state index in [1.54, 1.807) is 12.3 Å². The van der Waals surface area contributed by atoms with Crippen LogP contribution in [0.15, 0.2) is 12.1 Å². The summed E-state index contributed by atoms with van der Waals surface area (Å²) in [5.41, 5.74) is 2.22. The lowest BCUT2D eigenvalue weighted by Crippen LogP contribution is -2.19. The molecule has 1 heterocycles. The molecular weight excluding hydrogens is 190 g/mol. The van der Waals surface area contributed by atoms with E-state index in [1.165, 1.54) is 0 Å².